The lowest BCUT2D eigenvalue weighted by Gasteiger charge is -2.34. The molecule has 5 nitrogen and oxygen atoms in total. The summed E-state index contributed by atoms with van der Waals surface area (Å²) in [4.78, 5) is 22.7. The average Bonchev–Trinajstić information content (AvgIpc) is 3.08. The Morgan fingerprint density at radius 3 is 2.58 bits per heavy atom. The van der Waals surface area contributed by atoms with Crippen molar-refractivity contribution in [2.24, 2.45) is 11.8 Å². The number of carboxylic acids is 1. The lowest BCUT2D eigenvalue weighted by atomic mass is 9.80. The van der Waals surface area contributed by atoms with Crippen LogP contribution in [0.15, 0.2) is 0 Å². The van der Waals surface area contributed by atoms with Crippen LogP contribution in [0, 0.1) is 11.8 Å². The number of hydrogen-bond acceptors (Lipinski definition) is 3. The molecule has 1 amide bonds. The molecule has 2 saturated carbocycles. The van der Waals surface area contributed by atoms with Gasteiger partial charge >= 0.3 is 5.97 Å². The first-order valence-corrected chi connectivity index (χ1v) is 7.21. The van der Waals surface area contributed by atoms with Gasteiger partial charge in [-0.2, -0.15) is 0 Å². The number of carboxylic acid groups (broad SMARTS) is 1. The quantitative estimate of drug-likeness (QED) is 0.701. The van der Waals surface area contributed by atoms with Crippen LogP contribution in [-0.2, 0) is 14.3 Å². The maximum absolute atomic E-state index is 11.9. The van der Waals surface area contributed by atoms with Gasteiger partial charge in [-0.3, -0.25) is 9.59 Å². The molecule has 0 saturated heterocycles. The molecule has 2 rings (SSSR count). The van der Waals surface area contributed by atoms with Crippen molar-refractivity contribution in [3.05, 3.63) is 0 Å². The summed E-state index contributed by atoms with van der Waals surface area (Å²) < 4.78 is 5.46. The van der Waals surface area contributed by atoms with Crippen LogP contribution >= 0.6 is 0 Å². The largest absolute Gasteiger partial charge is 0.481 e. The first kappa shape index (κ1) is 14.3. The number of nitrogens with one attached hydrogen (secondary N) is 1. The van der Waals surface area contributed by atoms with E-state index in [1.807, 2.05) is 6.92 Å². The first-order valence-electron chi connectivity index (χ1n) is 7.21. The van der Waals surface area contributed by atoms with E-state index in [9.17, 15) is 9.59 Å². The zero-order chi connectivity index (χ0) is 13.8. The lowest BCUT2D eigenvalue weighted by molar-refractivity contribution is -0.138. The van der Waals surface area contributed by atoms with Gasteiger partial charge in [0, 0.05) is 19.1 Å². The third-order valence-electron chi connectivity index (χ3n) is 4.00. The van der Waals surface area contributed by atoms with Crippen LogP contribution in [0.25, 0.3) is 0 Å². The molecule has 0 spiro atoms. The summed E-state index contributed by atoms with van der Waals surface area (Å²) in [7, 11) is 0. The van der Waals surface area contributed by atoms with Gasteiger partial charge in [0.1, 0.15) is 0 Å². The van der Waals surface area contributed by atoms with E-state index in [2.05, 4.69) is 5.32 Å². The van der Waals surface area contributed by atoms with Crippen molar-refractivity contribution in [1.29, 1.82) is 0 Å². The van der Waals surface area contributed by atoms with Crippen molar-refractivity contribution in [2.75, 3.05) is 6.61 Å². The summed E-state index contributed by atoms with van der Waals surface area (Å²) >= 11 is 0. The van der Waals surface area contributed by atoms with Gasteiger partial charge in [-0.15, -0.1) is 0 Å². The number of carbonyl (C=O) groups is 2. The molecule has 0 radical (unpaired) electrons. The van der Waals surface area contributed by atoms with Gasteiger partial charge in [-0.25, -0.2) is 0 Å². The normalized spacial score (nSPS) is 27.4. The van der Waals surface area contributed by atoms with Gasteiger partial charge in [0.2, 0.25) is 5.91 Å². The van der Waals surface area contributed by atoms with E-state index in [1.54, 1.807) is 0 Å². The second kappa shape index (κ2) is 6.37. The minimum Gasteiger partial charge on any atom is -0.481 e. The molecule has 19 heavy (non-hydrogen) atoms. The predicted molar refractivity (Wildman–Crippen MR) is 69.7 cm³/mol. The van der Waals surface area contributed by atoms with Crippen LogP contribution in [0.2, 0.25) is 0 Å². The van der Waals surface area contributed by atoms with Crippen molar-refractivity contribution >= 4 is 11.9 Å². The second-order valence-electron chi connectivity index (χ2n) is 5.73. The molecule has 2 aliphatic carbocycles. The number of rotatable bonds is 8. The molecule has 0 aromatic carbocycles. The Morgan fingerprint density at radius 1 is 1.37 bits per heavy atom. The van der Waals surface area contributed by atoms with E-state index in [1.165, 1.54) is 0 Å². The topological polar surface area (TPSA) is 75.6 Å². The van der Waals surface area contributed by atoms with Gasteiger partial charge in [0.25, 0.3) is 0 Å². The first-order chi connectivity index (χ1) is 9.08. The average molecular weight is 269 g/mol. The van der Waals surface area contributed by atoms with Crippen molar-refractivity contribution < 1.29 is 19.4 Å². The maximum Gasteiger partial charge on any atom is 0.305 e. The summed E-state index contributed by atoms with van der Waals surface area (Å²) in [5.74, 6) is -0.0609. The molecule has 1 atom stereocenters. The fraction of sp³-hybridized carbons (Fsp3) is 0.857. The van der Waals surface area contributed by atoms with Crippen LogP contribution in [-0.4, -0.2) is 35.7 Å². The molecular formula is C14H23NO4. The molecule has 2 aliphatic rings. The third kappa shape index (κ3) is 4.49. The second-order valence-corrected chi connectivity index (χ2v) is 5.73. The molecule has 5 heteroatoms. The molecule has 2 fully saturated rings. The highest BCUT2D eigenvalue weighted by Gasteiger charge is 2.35. The molecule has 0 aromatic heterocycles. The van der Waals surface area contributed by atoms with Crippen LogP contribution in [0.5, 0.6) is 0 Å². The van der Waals surface area contributed by atoms with Gasteiger partial charge < -0.3 is 15.2 Å². The number of aliphatic carboxylic acids is 1. The van der Waals surface area contributed by atoms with Crippen molar-refractivity contribution in [3.63, 3.8) is 0 Å². The van der Waals surface area contributed by atoms with E-state index >= 15 is 0 Å². The van der Waals surface area contributed by atoms with Gasteiger partial charge in [-0.05, 0) is 44.4 Å². The zero-order valence-corrected chi connectivity index (χ0v) is 11.4. The monoisotopic (exact) mass is 269 g/mol. The molecule has 0 bridgehead atoms. The minimum absolute atomic E-state index is 0.00176. The van der Waals surface area contributed by atoms with Crippen LogP contribution in [0.3, 0.4) is 0 Å². The van der Waals surface area contributed by atoms with Crippen LogP contribution in [0.4, 0.5) is 0 Å². The SMILES string of the molecule is CCOC1CC(CC(=O)NC(CC(=O)O)C2CC2)C1. The zero-order valence-electron chi connectivity index (χ0n) is 11.4. The highest BCUT2D eigenvalue weighted by atomic mass is 16.5. The Balaban J connectivity index is 1.67. The van der Waals surface area contributed by atoms with Crippen molar-refractivity contribution in [2.45, 2.75) is 57.6 Å². The Kier molecular flexibility index (Phi) is 4.80. The number of carbonyl (C=O) groups excluding carboxylic acids is 1. The fourth-order valence-corrected chi connectivity index (χ4v) is 2.76. The van der Waals surface area contributed by atoms with E-state index in [0.717, 1.165) is 32.3 Å². The number of amides is 1. The lowest BCUT2D eigenvalue weighted by Crippen LogP contribution is -2.41. The van der Waals surface area contributed by atoms with E-state index in [-0.39, 0.29) is 18.4 Å². The standard InChI is InChI=1S/C14H23NO4/c1-2-19-11-5-9(6-11)7-13(16)15-12(8-14(17)18)10-3-4-10/h9-12H,2-8H2,1H3,(H,15,16)(H,17,18). The summed E-state index contributed by atoms with van der Waals surface area (Å²) in [6.07, 6.45) is 4.85. The Hall–Kier alpha value is -1.10. The van der Waals surface area contributed by atoms with Gasteiger partial charge in [-0.1, -0.05) is 0 Å². The molecule has 2 N–H and O–H groups in total. The molecule has 1 unspecified atom stereocenters. The fourth-order valence-electron chi connectivity index (χ4n) is 2.76. The maximum atomic E-state index is 11.9. The van der Waals surface area contributed by atoms with Crippen LogP contribution < -0.4 is 5.32 Å². The summed E-state index contributed by atoms with van der Waals surface area (Å²) in [6.45, 7) is 2.71. The van der Waals surface area contributed by atoms with Gasteiger partial charge in [0.15, 0.2) is 0 Å². The molecule has 0 aliphatic heterocycles. The highest BCUT2D eigenvalue weighted by Crippen LogP contribution is 2.35. The molecule has 108 valence electrons. The predicted octanol–water partition coefficient (Wildman–Crippen LogP) is 1.56. The van der Waals surface area contributed by atoms with E-state index in [4.69, 9.17) is 9.84 Å². The third-order valence-corrected chi connectivity index (χ3v) is 4.00. The van der Waals surface area contributed by atoms with Crippen molar-refractivity contribution in [1.82, 2.24) is 5.32 Å². The Morgan fingerprint density at radius 2 is 2.05 bits per heavy atom. The highest BCUT2D eigenvalue weighted by molar-refractivity contribution is 5.77. The summed E-state index contributed by atoms with van der Waals surface area (Å²) in [5, 5.41) is 11.7. The van der Waals surface area contributed by atoms with E-state index < -0.39 is 5.97 Å². The molecular weight excluding hydrogens is 246 g/mol. The summed E-state index contributed by atoms with van der Waals surface area (Å²) in [5.41, 5.74) is 0. The van der Waals surface area contributed by atoms with Crippen molar-refractivity contribution in [3.8, 4) is 0 Å². The summed E-state index contributed by atoms with van der Waals surface area (Å²) in [6, 6.07) is -0.173. The Labute approximate surface area is 113 Å². The molecule has 0 heterocycles. The van der Waals surface area contributed by atoms with E-state index in [0.29, 0.717) is 24.4 Å². The van der Waals surface area contributed by atoms with Gasteiger partial charge in [0.05, 0.1) is 12.5 Å². The van der Waals surface area contributed by atoms with Crippen LogP contribution in [0.1, 0.15) is 45.4 Å². The number of ether oxygens (including phenoxy) is 1. The Bertz CT molecular complexity index is 334. The number of hydrogen-bond donors (Lipinski definition) is 2. The minimum atomic E-state index is -0.836. The molecule has 0 aromatic rings. The smallest absolute Gasteiger partial charge is 0.305 e.